The fourth-order valence-corrected chi connectivity index (χ4v) is 2.23. The lowest BCUT2D eigenvalue weighted by molar-refractivity contribution is -0.187. The number of alkyl halides is 3. The van der Waals surface area contributed by atoms with Crippen LogP contribution in [0.15, 0.2) is 0 Å². The molecule has 2 unspecified atom stereocenters. The van der Waals surface area contributed by atoms with Crippen LogP contribution in [0.1, 0.15) is 26.2 Å². The topological polar surface area (TPSA) is 53.1 Å². The van der Waals surface area contributed by atoms with Gasteiger partial charge in [-0.25, -0.2) is 0 Å². The molecule has 0 aromatic carbocycles. The summed E-state index contributed by atoms with van der Waals surface area (Å²) in [6.07, 6.45) is -2.84. The Labute approximate surface area is 93.3 Å². The summed E-state index contributed by atoms with van der Waals surface area (Å²) >= 11 is 0. The van der Waals surface area contributed by atoms with Gasteiger partial charge in [0.25, 0.3) is 0 Å². The summed E-state index contributed by atoms with van der Waals surface area (Å²) in [4.78, 5) is 1.68. The van der Waals surface area contributed by atoms with Crippen molar-refractivity contribution in [3.8, 4) is 0 Å². The first-order chi connectivity index (χ1) is 7.36. The van der Waals surface area contributed by atoms with Crippen molar-refractivity contribution in [2.45, 2.75) is 38.4 Å². The molecule has 6 heteroatoms. The van der Waals surface area contributed by atoms with Gasteiger partial charge in [-0.15, -0.1) is 0 Å². The molecule has 0 amide bonds. The Morgan fingerprint density at radius 1 is 1.56 bits per heavy atom. The van der Waals surface area contributed by atoms with Crippen LogP contribution in [0.3, 0.4) is 0 Å². The molecule has 1 heterocycles. The molecular weight excluding hydrogens is 219 g/mol. The summed E-state index contributed by atoms with van der Waals surface area (Å²) in [5.41, 5.74) is 5.39. The van der Waals surface area contributed by atoms with Gasteiger partial charge in [0, 0.05) is 6.54 Å². The van der Waals surface area contributed by atoms with Crippen molar-refractivity contribution >= 4 is 5.84 Å². The lowest BCUT2D eigenvalue weighted by Gasteiger charge is -2.38. The second kappa shape index (κ2) is 5.03. The minimum atomic E-state index is -4.13. The maximum Gasteiger partial charge on any atom is 0.393 e. The summed E-state index contributed by atoms with van der Waals surface area (Å²) in [5.74, 6) is -1.31. The van der Waals surface area contributed by atoms with Gasteiger partial charge >= 0.3 is 6.18 Å². The van der Waals surface area contributed by atoms with E-state index in [-0.39, 0.29) is 24.8 Å². The van der Waals surface area contributed by atoms with Crippen LogP contribution in [0.25, 0.3) is 0 Å². The summed E-state index contributed by atoms with van der Waals surface area (Å²) in [6.45, 7) is 2.41. The largest absolute Gasteiger partial charge is 0.393 e. The fraction of sp³-hybridized carbons (Fsp3) is 0.900. The summed E-state index contributed by atoms with van der Waals surface area (Å²) in [6, 6.07) is -0.342. The molecule has 1 aliphatic rings. The zero-order valence-corrected chi connectivity index (χ0v) is 9.35. The standard InChI is InChI=1S/C10H18F3N3/c1-2-8(9(14)15)16-5-3-4-7(6-16)10(11,12)13/h7-8H,2-6H2,1H3,(H3,14,15). The number of likely N-dealkylation sites (tertiary alicyclic amines) is 1. The lowest BCUT2D eigenvalue weighted by atomic mass is 9.95. The quantitative estimate of drug-likeness (QED) is 0.582. The molecule has 2 atom stereocenters. The van der Waals surface area contributed by atoms with E-state index in [1.165, 1.54) is 0 Å². The highest BCUT2D eigenvalue weighted by Gasteiger charge is 2.42. The number of amidine groups is 1. The van der Waals surface area contributed by atoms with Crippen LogP contribution in [0.5, 0.6) is 0 Å². The highest BCUT2D eigenvalue weighted by molar-refractivity contribution is 5.82. The average molecular weight is 237 g/mol. The van der Waals surface area contributed by atoms with Crippen molar-refractivity contribution in [1.82, 2.24) is 4.90 Å². The van der Waals surface area contributed by atoms with Crippen LogP contribution in [0, 0.1) is 11.3 Å². The predicted octanol–water partition coefficient (Wildman–Crippen LogP) is 1.98. The fourth-order valence-electron chi connectivity index (χ4n) is 2.23. The van der Waals surface area contributed by atoms with Crippen LogP contribution in [0.2, 0.25) is 0 Å². The van der Waals surface area contributed by atoms with Gasteiger partial charge in [-0.1, -0.05) is 6.92 Å². The molecular formula is C10H18F3N3. The van der Waals surface area contributed by atoms with Gasteiger partial charge in [0.1, 0.15) is 5.84 Å². The molecule has 0 bridgehead atoms. The number of piperidine rings is 1. The molecule has 0 aromatic rings. The average Bonchev–Trinajstić information content (AvgIpc) is 2.17. The smallest absolute Gasteiger partial charge is 0.386 e. The monoisotopic (exact) mass is 237 g/mol. The molecule has 3 nitrogen and oxygen atoms in total. The Hall–Kier alpha value is -0.780. The van der Waals surface area contributed by atoms with Crippen molar-refractivity contribution in [1.29, 1.82) is 5.41 Å². The third-order valence-electron chi connectivity index (χ3n) is 3.10. The first-order valence-electron chi connectivity index (χ1n) is 5.51. The van der Waals surface area contributed by atoms with E-state index in [4.69, 9.17) is 11.1 Å². The number of nitrogens with two attached hydrogens (primary N) is 1. The summed E-state index contributed by atoms with van der Waals surface area (Å²) in [7, 11) is 0. The van der Waals surface area contributed by atoms with Crippen LogP contribution in [-0.2, 0) is 0 Å². The third-order valence-corrected chi connectivity index (χ3v) is 3.10. The van der Waals surface area contributed by atoms with Crippen LogP contribution >= 0.6 is 0 Å². The molecule has 1 aliphatic heterocycles. The second-order valence-corrected chi connectivity index (χ2v) is 4.26. The zero-order valence-electron chi connectivity index (χ0n) is 9.35. The van der Waals surface area contributed by atoms with Crippen LogP contribution in [-0.4, -0.2) is 36.0 Å². The van der Waals surface area contributed by atoms with Crippen molar-refractivity contribution in [2.24, 2.45) is 11.7 Å². The highest BCUT2D eigenvalue weighted by Crippen LogP contribution is 2.33. The first kappa shape index (κ1) is 13.3. The number of halogens is 3. The zero-order chi connectivity index (χ0) is 12.3. The van der Waals surface area contributed by atoms with Gasteiger partial charge in [-0.05, 0) is 25.8 Å². The number of hydrogen-bond donors (Lipinski definition) is 2. The number of hydrogen-bond acceptors (Lipinski definition) is 2. The molecule has 0 saturated carbocycles. The van der Waals surface area contributed by atoms with Crippen molar-refractivity contribution in [3.05, 3.63) is 0 Å². The van der Waals surface area contributed by atoms with E-state index in [1.54, 1.807) is 4.90 Å². The Bertz CT molecular complexity index is 252. The maximum atomic E-state index is 12.6. The van der Waals surface area contributed by atoms with Gasteiger partial charge in [-0.3, -0.25) is 10.3 Å². The molecule has 94 valence electrons. The van der Waals surface area contributed by atoms with E-state index < -0.39 is 12.1 Å². The SMILES string of the molecule is CCC(C(=N)N)N1CCCC(C(F)(F)F)C1. The summed E-state index contributed by atoms with van der Waals surface area (Å²) < 4.78 is 37.7. The molecule has 0 aromatic heterocycles. The highest BCUT2D eigenvalue weighted by atomic mass is 19.4. The minimum absolute atomic E-state index is 0.0262. The van der Waals surface area contributed by atoms with Crippen molar-refractivity contribution < 1.29 is 13.2 Å². The molecule has 0 spiro atoms. The van der Waals surface area contributed by atoms with E-state index in [1.807, 2.05) is 6.92 Å². The van der Waals surface area contributed by atoms with Crippen LogP contribution in [0.4, 0.5) is 13.2 Å². The van der Waals surface area contributed by atoms with E-state index in [0.717, 1.165) is 0 Å². The molecule has 16 heavy (non-hydrogen) atoms. The maximum absolute atomic E-state index is 12.6. The number of nitrogens with zero attached hydrogens (tertiary/aromatic N) is 1. The van der Waals surface area contributed by atoms with E-state index in [0.29, 0.717) is 19.4 Å². The molecule has 1 rings (SSSR count). The van der Waals surface area contributed by atoms with Crippen molar-refractivity contribution in [3.63, 3.8) is 0 Å². The van der Waals surface area contributed by atoms with E-state index in [9.17, 15) is 13.2 Å². The van der Waals surface area contributed by atoms with Gasteiger partial charge in [-0.2, -0.15) is 13.2 Å². The number of nitrogens with one attached hydrogen (secondary N) is 1. The molecule has 1 saturated heterocycles. The predicted molar refractivity (Wildman–Crippen MR) is 56.3 cm³/mol. The number of rotatable bonds is 3. The van der Waals surface area contributed by atoms with Gasteiger partial charge < -0.3 is 5.73 Å². The minimum Gasteiger partial charge on any atom is -0.386 e. The second-order valence-electron chi connectivity index (χ2n) is 4.26. The van der Waals surface area contributed by atoms with E-state index >= 15 is 0 Å². The molecule has 0 radical (unpaired) electrons. The summed E-state index contributed by atoms with van der Waals surface area (Å²) in [5, 5.41) is 7.36. The molecule has 3 N–H and O–H groups in total. The molecule has 1 fully saturated rings. The molecule has 0 aliphatic carbocycles. The van der Waals surface area contributed by atoms with Gasteiger partial charge in [0.2, 0.25) is 0 Å². The van der Waals surface area contributed by atoms with Gasteiger partial charge in [0.05, 0.1) is 12.0 Å². The Morgan fingerprint density at radius 2 is 2.19 bits per heavy atom. The Kier molecular flexibility index (Phi) is 4.18. The lowest BCUT2D eigenvalue weighted by Crippen LogP contribution is -2.50. The Balaban J connectivity index is 2.66. The van der Waals surface area contributed by atoms with E-state index in [2.05, 4.69) is 0 Å². The Morgan fingerprint density at radius 3 is 2.62 bits per heavy atom. The normalized spacial score (nSPS) is 25.4. The van der Waals surface area contributed by atoms with Gasteiger partial charge in [0.15, 0.2) is 0 Å². The third kappa shape index (κ3) is 3.10. The van der Waals surface area contributed by atoms with Crippen molar-refractivity contribution in [2.75, 3.05) is 13.1 Å². The first-order valence-corrected chi connectivity index (χ1v) is 5.51. The van der Waals surface area contributed by atoms with Crippen LogP contribution < -0.4 is 5.73 Å².